The van der Waals surface area contributed by atoms with E-state index in [1.165, 1.54) is 18.9 Å². The van der Waals surface area contributed by atoms with Gasteiger partial charge in [-0.2, -0.15) is 0 Å². The third kappa shape index (κ3) is 19.6. The quantitative estimate of drug-likeness (QED) is 0.139. The molecule has 0 spiro atoms. The van der Waals surface area contributed by atoms with E-state index in [1.54, 1.807) is 6.08 Å². The van der Waals surface area contributed by atoms with Gasteiger partial charge in [-0.25, -0.2) is 0 Å². The predicted octanol–water partition coefficient (Wildman–Crippen LogP) is 7.13. The monoisotopic (exact) mass is 427 g/mol. The van der Waals surface area contributed by atoms with Crippen molar-refractivity contribution in [3.8, 4) is 0 Å². The van der Waals surface area contributed by atoms with Crippen molar-refractivity contribution >= 4 is 5.91 Å². The van der Waals surface area contributed by atoms with Crippen molar-refractivity contribution in [1.82, 2.24) is 5.32 Å². The van der Waals surface area contributed by atoms with Crippen LogP contribution in [0.2, 0.25) is 0 Å². The third-order valence-corrected chi connectivity index (χ3v) is 4.96. The fourth-order valence-corrected chi connectivity index (χ4v) is 3.05. The zero-order valence-electron chi connectivity index (χ0n) is 20.1. The molecular formula is C28H45NO2. The zero-order chi connectivity index (χ0) is 23.0. The minimum atomic E-state index is -0.785. The van der Waals surface area contributed by atoms with Crippen molar-refractivity contribution in [2.24, 2.45) is 0 Å². The van der Waals surface area contributed by atoms with Gasteiger partial charge in [0, 0.05) is 12.6 Å². The summed E-state index contributed by atoms with van der Waals surface area (Å²) in [6, 6.07) is 0. The first-order chi connectivity index (χ1) is 15.1. The zero-order valence-corrected chi connectivity index (χ0v) is 20.1. The number of amides is 1. The maximum Gasteiger partial charge on any atom is 0.244 e. The van der Waals surface area contributed by atoms with Crippen molar-refractivity contribution in [1.29, 1.82) is 0 Å². The summed E-state index contributed by atoms with van der Waals surface area (Å²) in [5.74, 6) is -0.149. The lowest BCUT2D eigenvalue weighted by Gasteiger charge is -2.28. The lowest BCUT2D eigenvalue weighted by atomic mass is 9.90. The number of carbonyl (C=O) groups excluding carboxylic acids is 1. The van der Waals surface area contributed by atoms with Gasteiger partial charge < -0.3 is 10.4 Å². The fraction of sp³-hybridized carbons (Fsp3) is 0.536. The summed E-state index contributed by atoms with van der Waals surface area (Å²) in [4.78, 5) is 12.1. The maximum atomic E-state index is 12.1. The Morgan fingerprint density at radius 3 is 2.00 bits per heavy atom. The molecule has 0 fully saturated rings. The first-order valence-corrected chi connectivity index (χ1v) is 12.0. The first kappa shape index (κ1) is 28.9. The second kappa shape index (κ2) is 21.1. The van der Waals surface area contributed by atoms with Crippen LogP contribution in [0.4, 0.5) is 0 Å². The molecule has 3 heteroatoms. The summed E-state index contributed by atoms with van der Waals surface area (Å²) in [6.07, 6.45) is 33.4. The van der Waals surface area contributed by atoms with Crippen molar-refractivity contribution in [2.75, 3.05) is 6.54 Å². The van der Waals surface area contributed by atoms with Gasteiger partial charge in [-0.3, -0.25) is 4.79 Å². The summed E-state index contributed by atoms with van der Waals surface area (Å²) in [5.41, 5.74) is -0.785. The van der Waals surface area contributed by atoms with Gasteiger partial charge in [-0.1, -0.05) is 119 Å². The van der Waals surface area contributed by atoms with E-state index >= 15 is 0 Å². The minimum absolute atomic E-state index is 0.149. The first-order valence-electron chi connectivity index (χ1n) is 12.0. The molecule has 2 N–H and O–H groups in total. The van der Waals surface area contributed by atoms with Crippen LogP contribution in [0.25, 0.3) is 0 Å². The van der Waals surface area contributed by atoms with Crippen LogP contribution in [0.3, 0.4) is 0 Å². The molecule has 0 aromatic rings. The smallest absolute Gasteiger partial charge is 0.244 e. The molecule has 3 nitrogen and oxygen atoms in total. The highest BCUT2D eigenvalue weighted by Crippen LogP contribution is 2.21. The van der Waals surface area contributed by atoms with E-state index in [9.17, 15) is 9.90 Å². The third-order valence-electron chi connectivity index (χ3n) is 4.96. The van der Waals surface area contributed by atoms with Crippen LogP contribution in [-0.2, 0) is 4.79 Å². The van der Waals surface area contributed by atoms with Gasteiger partial charge in [0.15, 0.2) is 0 Å². The van der Waals surface area contributed by atoms with Crippen LogP contribution in [0.15, 0.2) is 72.9 Å². The van der Waals surface area contributed by atoms with E-state index in [4.69, 9.17) is 0 Å². The fourth-order valence-electron chi connectivity index (χ4n) is 3.05. The molecule has 174 valence electrons. The number of nitrogens with one attached hydrogen (secondary N) is 1. The van der Waals surface area contributed by atoms with Crippen molar-refractivity contribution in [3.05, 3.63) is 72.9 Å². The standard InChI is InChI=1S/C28H45NO2/c1-4-7-10-12-13-14-15-16-17-18-19-20-21-23-27(30)29-26-28(31,24-9-6-3)25-22-11-8-5-2/h4,7,10,12-16,19-21,23,31H,5-6,8-9,11,17-18,22,24-26H2,1-3H3,(H,29,30). The van der Waals surface area contributed by atoms with Gasteiger partial charge in [-0.05, 0) is 32.6 Å². The van der Waals surface area contributed by atoms with E-state index in [2.05, 4.69) is 31.3 Å². The Morgan fingerprint density at radius 2 is 1.35 bits per heavy atom. The predicted molar refractivity (Wildman–Crippen MR) is 136 cm³/mol. The Balaban J connectivity index is 4.17. The minimum Gasteiger partial charge on any atom is -0.388 e. The van der Waals surface area contributed by atoms with Crippen LogP contribution in [0.5, 0.6) is 0 Å². The lowest BCUT2D eigenvalue weighted by molar-refractivity contribution is -0.118. The molecule has 0 saturated heterocycles. The Labute approximate surface area is 191 Å². The normalized spacial score (nSPS) is 14.8. The Morgan fingerprint density at radius 1 is 0.774 bits per heavy atom. The van der Waals surface area contributed by atoms with Crippen LogP contribution >= 0.6 is 0 Å². The molecule has 0 aromatic heterocycles. The van der Waals surface area contributed by atoms with E-state index in [0.717, 1.165) is 51.4 Å². The van der Waals surface area contributed by atoms with Crippen LogP contribution in [0, 0.1) is 0 Å². The summed E-state index contributed by atoms with van der Waals surface area (Å²) >= 11 is 0. The Kier molecular flexibility index (Phi) is 19.7. The number of rotatable bonds is 18. The SMILES string of the molecule is CC=CC=CC=CC=CCCC=CC=CC(=O)NCC(O)(CCCC)CCCCCC. The topological polar surface area (TPSA) is 49.3 Å². The summed E-state index contributed by atoms with van der Waals surface area (Å²) < 4.78 is 0. The molecule has 0 rings (SSSR count). The number of unbranched alkanes of at least 4 members (excludes halogenated alkanes) is 5. The van der Waals surface area contributed by atoms with Gasteiger partial charge in [-0.15, -0.1) is 0 Å². The molecule has 0 aliphatic heterocycles. The molecule has 0 aliphatic carbocycles. The summed E-state index contributed by atoms with van der Waals surface area (Å²) in [6.45, 7) is 6.63. The molecule has 0 bridgehead atoms. The molecule has 31 heavy (non-hydrogen) atoms. The number of carbonyl (C=O) groups is 1. The molecule has 1 amide bonds. The summed E-state index contributed by atoms with van der Waals surface area (Å²) in [7, 11) is 0. The van der Waals surface area contributed by atoms with Crippen LogP contribution in [0.1, 0.15) is 85.0 Å². The van der Waals surface area contributed by atoms with Crippen molar-refractivity contribution in [3.63, 3.8) is 0 Å². The number of hydrogen-bond donors (Lipinski definition) is 2. The maximum absolute atomic E-state index is 12.1. The molecule has 0 heterocycles. The number of hydrogen-bond acceptors (Lipinski definition) is 2. The van der Waals surface area contributed by atoms with Crippen LogP contribution < -0.4 is 5.32 Å². The largest absolute Gasteiger partial charge is 0.388 e. The van der Waals surface area contributed by atoms with E-state index in [-0.39, 0.29) is 5.91 Å². The number of allylic oxidation sites excluding steroid dienone is 11. The van der Waals surface area contributed by atoms with Crippen LogP contribution in [-0.4, -0.2) is 23.2 Å². The molecule has 0 saturated carbocycles. The summed E-state index contributed by atoms with van der Waals surface area (Å²) in [5, 5.41) is 13.8. The highest BCUT2D eigenvalue weighted by atomic mass is 16.3. The average Bonchev–Trinajstić information content (AvgIpc) is 2.77. The van der Waals surface area contributed by atoms with E-state index in [1.807, 2.05) is 55.5 Å². The van der Waals surface area contributed by atoms with E-state index < -0.39 is 5.60 Å². The van der Waals surface area contributed by atoms with Crippen molar-refractivity contribution in [2.45, 2.75) is 90.6 Å². The van der Waals surface area contributed by atoms with Crippen molar-refractivity contribution < 1.29 is 9.90 Å². The molecule has 0 aliphatic rings. The average molecular weight is 428 g/mol. The Hall–Kier alpha value is -2.13. The lowest BCUT2D eigenvalue weighted by Crippen LogP contribution is -2.42. The van der Waals surface area contributed by atoms with Gasteiger partial charge >= 0.3 is 0 Å². The molecule has 0 radical (unpaired) electrons. The van der Waals surface area contributed by atoms with Gasteiger partial charge in [0.2, 0.25) is 5.91 Å². The molecular weight excluding hydrogens is 382 g/mol. The number of aliphatic hydroxyl groups is 1. The second-order valence-electron chi connectivity index (χ2n) is 7.94. The molecule has 1 atom stereocenters. The highest BCUT2D eigenvalue weighted by molar-refractivity contribution is 5.87. The van der Waals surface area contributed by atoms with Gasteiger partial charge in [0.1, 0.15) is 0 Å². The van der Waals surface area contributed by atoms with E-state index in [0.29, 0.717) is 6.54 Å². The highest BCUT2D eigenvalue weighted by Gasteiger charge is 2.25. The Bertz CT molecular complexity index is 611. The molecule has 1 unspecified atom stereocenters. The van der Waals surface area contributed by atoms with Gasteiger partial charge in [0.05, 0.1) is 5.60 Å². The second-order valence-corrected chi connectivity index (χ2v) is 7.94. The molecule has 0 aromatic carbocycles. The van der Waals surface area contributed by atoms with Gasteiger partial charge in [0.25, 0.3) is 0 Å².